The quantitative estimate of drug-likeness (QED) is 0.762. The van der Waals surface area contributed by atoms with E-state index in [1.165, 1.54) is 13.3 Å². The molecule has 1 N–H and O–H groups in total. The number of nitrogens with zero attached hydrogens (tertiary/aromatic N) is 2. The third kappa shape index (κ3) is 1.44. The first-order chi connectivity index (χ1) is 7.26. The van der Waals surface area contributed by atoms with E-state index in [4.69, 9.17) is 10.00 Å². The van der Waals surface area contributed by atoms with Gasteiger partial charge in [-0.1, -0.05) is 0 Å². The van der Waals surface area contributed by atoms with Crippen molar-refractivity contribution in [2.75, 3.05) is 7.11 Å². The standard InChI is InChI=1S/C11H8N2O2/c1-15-11-3-9-8(2-7(11)4-12)5-13-6-10(9)14/h2-3,5-6,14H,1H3. The molecule has 0 unspecified atom stereocenters. The number of methoxy groups -OCH3 is 1. The van der Waals surface area contributed by atoms with Crippen LogP contribution in [0, 0.1) is 11.3 Å². The summed E-state index contributed by atoms with van der Waals surface area (Å²) in [4.78, 5) is 3.84. The number of benzene rings is 1. The summed E-state index contributed by atoms with van der Waals surface area (Å²) in [6, 6.07) is 5.29. The number of rotatable bonds is 1. The minimum absolute atomic E-state index is 0.0790. The second kappa shape index (κ2) is 3.46. The molecule has 0 spiro atoms. The van der Waals surface area contributed by atoms with Gasteiger partial charge in [0.2, 0.25) is 0 Å². The summed E-state index contributed by atoms with van der Waals surface area (Å²) >= 11 is 0. The minimum Gasteiger partial charge on any atom is -0.506 e. The molecule has 2 rings (SSSR count). The van der Waals surface area contributed by atoms with Crippen LogP contribution in [0.15, 0.2) is 24.5 Å². The van der Waals surface area contributed by atoms with Gasteiger partial charge in [0.25, 0.3) is 0 Å². The van der Waals surface area contributed by atoms with Crippen molar-refractivity contribution < 1.29 is 9.84 Å². The number of ether oxygens (including phenoxy) is 1. The topological polar surface area (TPSA) is 66.1 Å². The zero-order valence-corrected chi connectivity index (χ0v) is 8.06. The average Bonchev–Trinajstić information content (AvgIpc) is 2.28. The molecule has 1 heterocycles. The molecule has 0 bridgehead atoms. The van der Waals surface area contributed by atoms with Crippen molar-refractivity contribution in [1.82, 2.24) is 4.98 Å². The molecule has 0 saturated heterocycles. The van der Waals surface area contributed by atoms with E-state index < -0.39 is 0 Å². The van der Waals surface area contributed by atoms with Crippen LogP contribution in [-0.4, -0.2) is 17.2 Å². The number of aromatic nitrogens is 1. The van der Waals surface area contributed by atoms with E-state index in [9.17, 15) is 5.11 Å². The SMILES string of the molecule is COc1cc2c(O)cncc2cc1C#N. The van der Waals surface area contributed by atoms with Crippen LogP contribution in [0.2, 0.25) is 0 Å². The first-order valence-corrected chi connectivity index (χ1v) is 4.31. The van der Waals surface area contributed by atoms with Crippen molar-refractivity contribution in [1.29, 1.82) is 5.26 Å². The van der Waals surface area contributed by atoms with E-state index in [2.05, 4.69) is 4.98 Å². The van der Waals surface area contributed by atoms with Crippen LogP contribution in [0.25, 0.3) is 10.8 Å². The fourth-order valence-corrected chi connectivity index (χ4v) is 1.44. The van der Waals surface area contributed by atoms with Crippen LogP contribution in [0.4, 0.5) is 0 Å². The Labute approximate surface area is 86.4 Å². The van der Waals surface area contributed by atoms with Gasteiger partial charge in [-0.2, -0.15) is 5.26 Å². The summed E-state index contributed by atoms with van der Waals surface area (Å²) < 4.78 is 5.05. The Bertz CT molecular complexity index is 558. The van der Waals surface area contributed by atoms with Crippen molar-refractivity contribution in [2.45, 2.75) is 0 Å². The van der Waals surface area contributed by atoms with E-state index >= 15 is 0 Å². The van der Waals surface area contributed by atoms with Gasteiger partial charge in [0, 0.05) is 17.0 Å². The fourth-order valence-electron chi connectivity index (χ4n) is 1.44. The van der Waals surface area contributed by atoms with E-state index in [1.807, 2.05) is 6.07 Å². The van der Waals surface area contributed by atoms with Crippen LogP contribution < -0.4 is 4.74 Å². The minimum atomic E-state index is 0.0790. The summed E-state index contributed by atoms with van der Waals surface area (Å²) in [6.07, 6.45) is 2.95. The predicted octanol–water partition coefficient (Wildman–Crippen LogP) is 1.82. The Morgan fingerprint density at radius 1 is 1.40 bits per heavy atom. The van der Waals surface area contributed by atoms with Crippen molar-refractivity contribution in [3.05, 3.63) is 30.1 Å². The number of nitriles is 1. The van der Waals surface area contributed by atoms with Crippen molar-refractivity contribution in [2.24, 2.45) is 0 Å². The highest BCUT2D eigenvalue weighted by Crippen LogP contribution is 2.29. The zero-order chi connectivity index (χ0) is 10.8. The Morgan fingerprint density at radius 2 is 2.20 bits per heavy atom. The van der Waals surface area contributed by atoms with Crippen LogP contribution >= 0.6 is 0 Å². The van der Waals surface area contributed by atoms with Crippen molar-refractivity contribution >= 4 is 10.8 Å². The summed E-state index contributed by atoms with van der Waals surface area (Å²) in [5.74, 6) is 0.529. The Kier molecular flexibility index (Phi) is 2.14. The lowest BCUT2D eigenvalue weighted by Crippen LogP contribution is -1.88. The number of fused-ring (bicyclic) bond motifs is 1. The molecular formula is C11H8N2O2. The van der Waals surface area contributed by atoms with Gasteiger partial charge >= 0.3 is 0 Å². The molecule has 1 aromatic carbocycles. The number of pyridine rings is 1. The molecule has 0 aliphatic heterocycles. The van der Waals surface area contributed by atoms with Gasteiger partial charge < -0.3 is 9.84 Å². The highest BCUT2D eigenvalue weighted by Gasteiger charge is 2.07. The first kappa shape index (κ1) is 9.28. The summed E-state index contributed by atoms with van der Waals surface area (Å²) in [7, 11) is 1.49. The first-order valence-electron chi connectivity index (χ1n) is 4.31. The molecule has 0 fully saturated rings. The molecule has 0 aliphatic rings. The highest BCUT2D eigenvalue weighted by molar-refractivity contribution is 5.89. The Morgan fingerprint density at radius 3 is 2.87 bits per heavy atom. The second-order valence-electron chi connectivity index (χ2n) is 3.04. The Hall–Kier alpha value is -2.28. The zero-order valence-electron chi connectivity index (χ0n) is 8.06. The number of hydrogen-bond acceptors (Lipinski definition) is 4. The molecule has 0 aliphatic carbocycles. The number of aromatic hydroxyl groups is 1. The lowest BCUT2D eigenvalue weighted by Gasteiger charge is -2.05. The van der Waals surface area contributed by atoms with E-state index in [0.717, 1.165) is 0 Å². The fraction of sp³-hybridized carbons (Fsp3) is 0.0909. The summed E-state index contributed by atoms with van der Waals surface area (Å²) in [5, 5.41) is 19.8. The molecule has 2 aromatic rings. The van der Waals surface area contributed by atoms with Crippen molar-refractivity contribution in [3.8, 4) is 17.6 Å². The van der Waals surface area contributed by atoms with Crippen LogP contribution in [0.3, 0.4) is 0 Å². The molecular weight excluding hydrogens is 192 g/mol. The van der Waals surface area contributed by atoms with Gasteiger partial charge in [0.05, 0.1) is 18.9 Å². The molecule has 4 nitrogen and oxygen atoms in total. The van der Waals surface area contributed by atoms with Gasteiger partial charge in [-0.3, -0.25) is 4.98 Å². The maximum absolute atomic E-state index is 9.55. The Balaban J connectivity index is 2.83. The lowest BCUT2D eigenvalue weighted by molar-refractivity contribution is 0.413. The van der Waals surface area contributed by atoms with Gasteiger partial charge in [0.1, 0.15) is 17.6 Å². The molecule has 0 atom stereocenters. The van der Waals surface area contributed by atoms with Crippen LogP contribution in [0.5, 0.6) is 11.5 Å². The predicted molar refractivity (Wildman–Crippen MR) is 54.7 cm³/mol. The monoisotopic (exact) mass is 200 g/mol. The largest absolute Gasteiger partial charge is 0.506 e. The van der Waals surface area contributed by atoms with Gasteiger partial charge in [-0.05, 0) is 12.1 Å². The van der Waals surface area contributed by atoms with Gasteiger partial charge in [0.15, 0.2) is 0 Å². The molecule has 1 aromatic heterocycles. The maximum atomic E-state index is 9.55. The third-order valence-electron chi connectivity index (χ3n) is 2.18. The average molecular weight is 200 g/mol. The third-order valence-corrected chi connectivity index (χ3v) is 2.18. The van der Waals surface area contributed by atoms with E-state index in [0.29, 0.717) is 22.1 Å². The number of hydrogen-bond donors (Lipinski definition) is 1. The van der Waals surface area contributed by atoms with Gasteiger partial charge in [-0.25, -0.2) is 0 Å². The maximum Gasteiger partial charge on any atom is 0.141 e. The van der Waals surface area contributed by atoms with Crippen LogP contribution in [-0.2, 0) is 0 Å². The molecule has 4 heteroatoms. The normalized spacial score (nSPS) is 9.87. The van der Waals surface area contributed by atoms with Crippen LogP contribution in [0.1, 0.15) is 5.56 Å². The molecule has 15 heavy (non-hydrogen) atoms. The van der Waals surface area contributed by atoms with E-state index in [1.54, 1.807) is 18.3 Å². The van der Waals surface area contributed by atoms with Gasteiger partial charge in [-0.15, -0.1) is 0 Å². The summed E-state index contributed by atoms with van der Waals surface area (Å²) in [5.41, 5.74) is 0.428. The van der Waals surface area contributed by atoms with E-state index in [-0.39, 0.29) is 5.75 Å². The molecule has 74 valence electrons. The molecule has 0 saturated carbocycles. The highest BCUT2D eigenvalue weighted by atomic mass is 16.5. The smallest absolute Gasteiger partial charge is 0.141 e. The molecule has 0 radical (unpaired) electrons. The lowest BCUT2D eigenvalue weighted by atomic mass is 10.1. The summed E-state index contributed by atoms with van der Waals surface area (Å²) in [6.45, 7) is 0. The molecule has 0 amide bonds. The second-order valence-corrected chi connectivity index (χ2v) is 3.04. The van der Waals surface area contributed by atoms with Crippen molar-refractivity contribution in [3.63, 3.8) is 0 Å².